The molecule has 1 saturated heterocycles. The molecule has 56 valence electrons. The quantitative estimate of drug-likeness (QED) is 0.493. The van der Waals surface area contributed by atoms with Gasteiger partial charge in [0.15, 0.2) is 0 Å². The van der Waals surface area contributed by atoms with Crippen molar-refractivity contribution in [1.29, 1.82) is 0 Å². The number of carbonyl (C=O) groups is 2. The van der Waals surface area contributed by atoms with Gasteiger partial charge in [-0.3, -0.25) is 14.9 Å². The average Bonchev–Trinajstić information content (AvgIpc) is 1.84. The second-order valence-electron chi connectivity index (χ2n) is 2.89. The number of carbonyl (C=O) groups excluding carboxylic acids is 2. The summed E-state index contributed by atoms with van der Waals surface area (Å²) in [5.74, 6) is -0.286. The third kappa shape index (κ3) is 1.17. The molecule has 1 N–H and O–H groups in total. The summed E-state index contributed by atoms with van der Waals surface area (Å²) in [6, 6.07) is 0. The molecule has 2 unspecified atom stereocenters. The molecule has 0 spiro atoms. The molecule has 0 radical (unpaired) electrons. The second-order valence-corrected chi connectivity index (χ2v) is 2.89. The van der Waals surface area contributed by atoms with E-state index in [1.807, 2.05) is 13.8 Å². The fourth-order valence-corrected chi connectivity index (χ4v) is 1.11. The Morgan fingerprint density at radius 2 is 1.60 bits per heavy atom. The lowest BCUT2D eigenvalue weighted by Gasteiger charge is -2.21. The van der Waals surface area contributed by atoms with Gasteiger partial charge in [0.1, 0.15) is 0 Å². The third-order valence-corrected chi connectivity index (χ3v) is 1.85. The molecule has 1 aliphatic rings. The van der Waals surface area contributed by atoms with E-state index in [0.717, 1.165) is 0 Å². The first kappa shape index (κ1) is 7.25. The zero-order chi connectivity index (χ0) is 7.72. The maximum atomic E-state index is 10.8. The standard InChI is InChI=1S/C7H11NO2/c1-4-3-5(2)7(10)8-6(4)9/h4-5H,3H2,1-2H3,(H,8,9,10). The number of imide groups is 1. The molecule has 3 heteroatoms. The van der Waals surface area contributed by atoms with Crippen LogP contribution in [0.3, 0.4) is 0 Å². The molecular weight excluding hydrogens is 130 g/mol. The normalized spacial score (nSPS) is 33.8. The number of rotatable bonds is 0. The Morgan fingerprint density at radius 3 is 1.90 bits per heavy atom. The van der Waals surface area contributed by atoms with Gasteiger partial charge >= 0.3 is 0 Å². The van der Waals surface area contributed by atoms with Crippen molar-refractivity contribution in [2.45, 2.75) is 20.3 Å². The predicted molar refractivity (Wildman–Crippen MR) is 36.1 cm³/mol. The monoisotopic (exact) mass is 141 g/mol. The molecule has 0 aromatic heterocycles. The minimum Gasteiger partial charge on any atom is -0.296 e. The van der Waals surface area contributed by atoms with Gasteiger partial charge < -0.3 is 0 Å². The molecule has 0 aromatic rings. The molecule has 0 saturated carbocycles. The summed E-state index contributed by atoms with van der Waals surface area (Å²) < 4.78 is 0. The lowest BCUT2D eigenvalue weighted by molar-refractivity contribution is -0.138. The molecular formula is C7H11NO2. The fraction of sp³-hybridized carbons (Fsp3) is 0.714. The van der Waals surface area contributed by atoms with Crippen molar-refractivity contribution in [3.8, 4) is 0 Å². The Balaban J connectivity index is 2.63. The van der Waals surface area contributed by atoms with E-state index >= 15 is 0 Å². The summed E-state index contributed by atoms with van der Waals surface area (Å²) in [5.41, 5.74) is 0. The molecule has 0 bridgehead atoms. The molecule has 3 nitrogen and oxygen atoms in total. The van der Waals surface area contributed by atoms with Crippen LogP contribution in [0.5, 0.6) is 0 Å². The Kier molecular flexibility index (Phi) is 1.74. The molecule has 2 atom stereocenters. The van der Waals surface area contributed by atoms with Crippen molar-refractivity contribution >= 4 is 11.8 Å². The molecule has 10 heavy (non-hydrogen) atoms. The largest absolute Gasteiger partial charge is 0.296 e. The molecule has 1 rings (SSSR count). The number of amides is 2. The smallest absolute Gasteiger partial charge is 0.229 e. The Bertz CT molecular complexity index is 158. The van der Waals surface area contributed by atoms with E-state index in [9.17, 15) is 9.59 Å². The van der Waals surface area contributed by atoms with Crippen molar-refractivity contribution in [2.75, 3.05) is 0 Å². The van der Waals surface area contributed by atoms with Crippen LogP contribution in [0.4, 0.5) is 0 Å². The number of hydrogen-bond donors (Lipinski definition) is 1. The number of hydrogen-bond acceptors (Lipinski definition) is 2. The summed E-state index contributed by atoms with van der Waals surface area (Å²) in [7, 11) is 0. The van der Waals surface area contributed by atoms with Crippen LogP contribution in [0, 0.1) is 11.8 Å². The number of nitrogens with one attached hydrogen (secondary N) is 1. The molecule has 1 heterocycles. The fourth-order valence-electron chi connectivity index (χ4n) is 1.11. The van der Waals surface area contributed by atoms with Gasteiger partial charge in [0.25, 0.3) is 0 Å². The van der Waals surface area contributed by atoms with Crippen LogP contribution >= 0.6 is 0 Å². The highest BCUT2D eigenvalue weighted by Crippen LogP contribution is 2.16. The molecule has 1 fully saturated rings. The first-order valence-electron chi connectivity index (χ1n) is 3.46. The van der Waals surface area contributed by atoms with Crippen molar-refractivity contribution in [1.82, 2.24) is 5.32 Å². The van der Waals surface area contributed by atoms with Crippen molar-refractivity contribution in [2.24, 2.45) is 11.8 Å². The SMILES string of the molecule is CC1CC(C)C(=O)NC1=O. The summed E-state index contributed by atoms with van der Waals surface area (Å²) in [6.45, 7) is 3.66. The van der Waals surface area contributed by atoms with E-state index in [4.69, 9.17) is 0 Å². The topological polar surface area (TPSA) is 46.2 Å². The maximum Gasteiger partial charge on any atom is 0.229 e. The first-order valence-corrected chi connectivity index (χ1v) is 3.46. The Morgan fingerprint density at radius 1 is 1.20 bits per heavy atom. The zero-order valence-corrected chi connectivity index (χ0v) is 6.18. The first-order chi connectivity index (χ1) is 4.61. The van der Waals surface area contributed by atoms with Gasteiger partial charge in [-0.05, 0) is 6.42 Å². The van der Waals surface area contributed by atoms with E-state index < -0.39 is 0 Å². The summed E-state index contributed by atoms with van der Waals surface area (Å²) >= 11 is 0. The van der Waals surface area contributed by atoms with Crippen molar-refractivity contribution in [3.05, 3.63) is 0 Å². The maximum absolute atomic E-state index is 10.8. The second kappa shape index (κ2) is 2.40. The Labute approximate surface area is 59.8 Å². The highest BCUT2D eigenvalue weighted by Gasteiger charge is 2.28. The van der Waals surface area contributed by atoms with Crippen LogP contribution in [-0.4, -0.2) is 11.8 Å². The highest BCUT2D eigenvalue weighted by atomic mass is 16.2. The molecule has 1 aliphatic heterocycles. The minimum atomic E-state index is -0.136. The lowest BCUT2D eigenvalue weighted by Crippen LogP contribution is -2.44. The van der Waals surface area contributed by atoms with Crippen molar-refractivity contribution < 1.29 is 9.59 Å². The van der Waals surface area contributed by atoms with E-state index in [1.54, 1.807) is 0 Å². The van der Waals surface area contributed by atoms with Crippen LogP contribution in [0.15, 0.2) is 0 Å². The molecule has 0 aromatic carbocycles. The van der Waals surface area contributed by atoms with Crippen LogP contribution in [0.1, 0.15) is 20.3 Å². The van der Waals surface area contributed by atoms with Gasteiger partial charge in [0, 0.05) is 11.8 Å². The van der Waals surface area contributed by atoms with Crippen LogP contribution in [0.25, 0.3) is 0 Å². The van der Waals surface area contributed by atoms with Gasteiger partial charge in [-0.1, -0.05) is 13.8 Å². The van der Waals surface area contributed by atoms with Crippen LogP contribution in [-0.2, 0) is 9.59 Å². The minimum absolute atomic E-state index is 0.00676. The summed E-state index contributed by atoms with van der Waals surface area (Å²) in [4.78, 5) is 21.6. The van der Waals surface area contributed by atoms with Gasteiger partial charge in [-0.2, -0.15) is 0 Å². The summed E-state index contributed by atoms with van der Waals surface area (Å²) in [6.07, 6.45) is 0.685. The van der Waals surface area contributed by atoms with Gasteiger partial charge in [-0.25, -0.2) is 0 Å². The third-order valence-electron chi connectivity index (χ3n) is 1.85. The van der Waals surface area contributed by atoms with Gasteiger partial charge in [0.2, 0.25) is 11.8 Å². The van der Waals surface area contributed by atoms with Gasteiger partial charge in [0.05, 0.1) is 0 Å². The van der Waals surface area contributed by atoms with Crippen molar-refractivity contribution in [3.63, 3.8) is 0 Å². The van der Waals surface area contributed by atoms with E-state index in [-0.39, 0.29) is 23.7 Å². The Hall–Kier alpha value is -0.860. The summed E-state index contributed by atoms with van der Waals surface area (Å²) in [5, 5.41) is 2.30. The predicted octanol–water partition coefficient (Wildman–Crippen LogP) is 0.305. The lowest BCUT2D eigenvalue weighted by atomic mass is 9.92. The van der Waals surface area contributed by atoms with Crippen LogP contribution in [0.2, 0.25) is 0 Å². The van der Waals surface area contributed by atoms with E-state index in [1.165, 1.54) is 0 Å². The highest BCUT2D eigenvalue weighted by molar-refractivity contribution is 5.99. The van der Waals surface area contributed by atoms with E-state index in [2.05, 4.69) is 5.32 Å². The van der Waals surface area contributed by atoms with E-state index in [0.29, 0.717) is 6.42 Å². The number of piperidine rings is 1. The molecule has 2 amide bonds. The average molecular weight is 141 g/mol. The zero-order valence-electron chi connectivity index (χ0n) is 6.18. The van der Waals surface area contributed by atoms with Crippen LogP contribution < -0.4 is 5.32 Å². The van der Waals surface area contributed by atoms with Gasteiger partial charge in [-0.15, -0.1) is 0 Å². The molecule has 0 aliphatic carbocycles.